The molecule has 0 saturated heterocycles. The summed E-state index contributed by atoms with van der Waals surface area (Å²) in [6.45, 7) is 1.97. The van der Waals surface area contributed by atoms with Gasteiger partial charge in [-0.05, 0) is 42.3 Å². The van der Waals surface area contributed by atoms with E-state index in [9.17, 15) is 9.18 Å². The van der Waals surface area contributed by atoms with E-state index in [0.29, 0.717) is 11.5 Å². The maximum absolute atomic E-state index is 13.5. The Morgan fingerprint density at radius 1 is 1.27 bits per heavy atom. The van der Waals surface area contributed by atoms with Crippen molar-refractivity contribution >= 4 is 23.4 Å². The molecule has 1 N–H and O–H groups in total. The molecular formula is C17H18FNO2S. The molecule has 5 heteroatoms. The predicted molar refractivity (Wildman–Crippen MR) is 88.9 cm³/mol. The fourth-order valence-electron chi connectivity index (χ4n) is 1.98. The number of hydrogen-bond donors (Lipinski definition) is 1. The molecule has 0 heterocycles. The van der Waals surface area contributed by atoms with Gasteiger partial charge in [0.25, 0.3) is 0 Å². The minimum atomic E-state index is -0.384. The molecule has 0 aliphatic rings. The van der Waals surface area contributed by atoms with Crippen LogP contribution in [0.2, 0.25) is 0 Å². The second kappa shape index (κ2) is 7.84. The smallest absolute Gasteiger partial charge is 0.234 e. The van der Waals surface area contributed by atoms with Gasteiger partial charge in [0.2, 0.25) is 5.91 Å². The lowest BCUT2D eigenvalue weighted by molar-refractivity contribution is -0.113. The summed E-state index contributed by atoms with van der Waals surface area (Å²) in [7, 11) is 1.43. The second-order valence-corrected chi connectivity index (χ2v) is 5.86. The zero-order valence-corrected chi connectivity index (χ0v) is 13.4. The van der Waals surface area contributed by atoms with Crippen LogP contribution in [-0.4, -0.2) is 18.8 Å². The third-order valence-corrected chi connectivity index (χ3v) is 4.02. The molecule has 0 aliphatic heterocycles. The summed E-state index contributed by atoms with van der Waals surface area (Å²) in [6.07, 6.45) is 0. The number of halogens is 1. The van der Waals surface area contributed by atoms with Crippen LogP contribution < -0.4 is 10.1 Å². The Balaban J connectivity index is 1.81. The number of amides is 1. The van der Waals surface area contributed by atoms with E-state index in [1.165, 1.54) is 24.9 Å². The van der Waals surface area contributed by atoms with Crippen LogP contribution in [0.1, 0.15) is 11.1 Å². The molecule has 22 heavy (non-hydrogen) atoms. The number of thioether (sulfide) groups is 1. The fraction of sp³-hybridized carbons (Fsp3) is 0.235. The van der Waals surface area contributed by atoms with E-state index in [1.54, 1.807) is 12.1 Å². The summed E-state index contributed by atoms with van der Waals surface area (Å²) in [4.78, 5) is 11.9. The summed E-state index contributed by atoms with van der Waals surface area (Å²) in [5.74, 6) is 0.671. The maximum atomic E-state index is 13.5. The van der Waals surface area contributed by atoms with Gasteiger partial charge in [0, 0.05) is 11.4 Å². The van der Waals surface area contributed by atoms with Gasteiger partial charge in [-0.15, -0.1) is 11.8 Å². The van der Waals surface area contributed by atoms with E-state index >= 15 is 0 Å². The number of rotatable bonds is 6. The van der Waals surface area contributed by atoms with E-state index in [0.717, 1.165) is 16.8 Å². The minimum absolute atomic E-state index is 0.0652. The summed E-state index contributed by atoms with van der Waals surface area (Å²) in [5.41, 5.74) is 2.71. The van der Waals surface area contributed by atoms with Crippen molar-refractivity contribution in [2.24, 2.45) is 0 Å². The molecule has 0 spiro atoms. The van der Waals surface area contributed by atoms with Gasteiger partial charge in [-0.1, -0.05) is 18.2 Å². The Kier molecular flexibility index (Phi) is 5.83. The van der Waals surface area contributed by atoms with Gasteiger partial charge in [-0.25, -0.2) is 4.39 Å². The third-order valence-electron chi connectivity index (χ3n) is 3.02. The quantitative estimate of drug-likeness (QED) is 0.874. The normalized spacial score (nSPS) is 10.3. The van der Waals surface area contributed by atoms with Gasteiger partial charge in [-0.2, -0.15) is 0 Å². The number of nitrogens with one attached hydrogen (secondary N) is 1. The van der Waals surface area contributed by atoms with Crippen LogP contribution in [-0.2, 0) is 10.5 Å². The lowest BCUT2D eigenvalue weighted by Crippen LogP contribution is -2.14. The van der Waals surface area contributed by atoms with Crippen LogP contribution in [0, 0.1) is 12.7 Å². The number of aryl methyl sites for hydroxylation is 1. The number of carbonyl (C=O) groups excluding carboxylic acids is 1. The molecule has 0 bridgehead atoms. The summed E-state index contributed by atoms with van der Waals surface area (Å²) < 4.78 is 18.4. The number of carbonyl (C=O) groups is 1. The largest absolute Gasteiger partial charge is 0.494 e. The number of hydrogen-bond acceptors (Lipinski definition) is 3. The molecule has 2 aromatic rings. The zero-order chi connectivity index (χ0) is 15.9. The summed E-state index contributed by atoms with van der Waals surface area (Å²) >= 11 is 1.44. The molecule has 116 valence electrons. The van der Waals surface area contributed by atoms with E-state index in [4.69, 9.17) is 4.74 Å². The van der Waals surface area contributed by atoms with Gasteiger partial charge in [0.05, 0.1) is 12.9 Å². The average Bonchev–Trinajstić information content (AvgIpc) is 2.47. The first-order chi connectivity index (χ1) is 10.6. The van der Waals surface area contributed by atoms with Gasteiger partial charge in [-0.3, -0.25) is 4.79 Å². The first-order valence-corrected chi connectivity index (χ1v) is 8.00. The Morgan fingerprint density at radius 2 is 2.09 bits per heavy atom. The Bertz CT molecular complexity index is 661. The van der Waals surface area contributed by atoms with Crippen molar-refractivity contribution in [3.8, 4) is 5.75 Å². The van der Waals surface area contributed by atoms with Crippen molar-refractivity contribution in [2.45, 2.75) is 12.7 Å². The molecule has 0 saturated carbocycles. The highest BCUT2D eigenvalue weighted by Crippen LogP contribution is 2.21. The highest BCUT2D eigenvalue weighted by atomic mass is 32.2. The first kappa shape index (κ1) is 16.4. The SMILES string of the molecule is COc1ccc(CSCC(=O)Nc2cccc(C)c2)cc1F. The molecule has 0 atom stereocenters. The van der Waals surface area contributed by atoms with Gasteiger partial charge in [0.15, 0.2) is 11.6 Å². The topological polar surface area (TPSA) is 38.3 Å². The minimum Gasteiger partial charge on any atom is -0.494 e. The molecule has 0 unspecified atom stereocenters. The number of methoxy groups -OCH3 is 1. The van der Waals surface area contributed by atoms with Crippen molar-refractivity contribution < 1.29 is 13.9 Å². The lowest BCUT2D eigenvalue weighted by Gasteiger charge is -2.07. The molecule has 1 amide bonds. The Morgan fingerprint density at radius 3 is 2.77 bits per heavy atom. The van der Waals surface area contributed by atoms with E-state index in [1.807, 2.05) is 31.2 Å². The van der Waals surface area contributed by atoms with Gasteiger partial charge < -0.3 is 10.1 Å². The van der Waals surface area contributed by atoms with Crippen LogP contribution in [0.15, 0.2) is 42.5 Å². The predicted octanol–water partition coefficient (Wildman–Crippen LogP) is 4.01. The van der Waals surface area contributed by atoms with Crippen LogP contribution in [0.25, 0.3) is 0 Å². The molecule has 0 aliphatic carbocycles. The fourth-order valence-corrected chi connectivity index (χ4v) is 2.76. The van der Waals surface area contributed by atoms with E-state index in [2.05, 4.69) is 5.32 Å². The number of anilines is 1. The van der Waals surface area contributed by atoms with Crippen molar-refractivity contribution in [3.05, 3.63) is 59.4 Å². The average molecular weight is 319 g/mol. The van der Waals surface area contributed by atoms with Gasteiger partial charge >= 0.3 is 0 Å². The molecule has 3 nitrogen and oxygen atoms in total. The van der Waals surface area contributed by atoms with Crippen molar-refractivity contribution in [1.29, 1.82) is 0 Å². The van der Waals surface area contributed by atoms with Crippen LogP contribution >= 0.6 is 11.8 Å². The molecule has 0 radical (unpaired) electrons. The molecule has 0 aromatic heterocycles. The van der Waals surface area contributed by atoms with E-state index in [-0.39, 0.29) is 17.5 Å². The standard InChI is InChI=1S/C17H18FNO2S/c1-12-4-3-5-14(8-12)19-17(20)11-22-10-13-6-7-16(21-2)15(18)9-13/h3-9H,10-11H2,1-2H3,(H,19,20). The molecule has 2 aromatic carbocycles. The molecule has 2 rings (SSSR count). The molecular weight excluding hydrogens is 301 g/mol. The van der Waals surface area contributed by atoms with Crippen LogP contribution in [0.3, 0.4) is 0 Å². The Hall–Kier alpha value is -2.01. The lowest BCUT2D eigenvalue weighted by atomic mass is 10.2. The maximum Gasteiger partial charge on any atom is 0.234 e. The summed E-state index contributed by atoms with van der Waals surface area (Å²) in [6, 6.07) is 12.5. The van der Waals surface area contributed by atoms with E-state index < -0.39 is 0 Å². The zero-order valence-electron chi connectivity index (χ0n) is 12.6. The summed E-state index contributed by atoms with van der Waals surface area (Å²) in [5, 5.41) is 2.84. The third kappa shape index (κ3) is 4.77. The van der Waals surface area contributed by atoms with Crippen LogP contribution in [0.4, 0.5) is 10.1 Å². The highest BCUT2D eigenvalue weighted by molar-refractivity contribution is 7.99. The van der Waals surface area contributed by atoms with Crippen molar-refractivity contribution in [3.63, 3.8) is 0 Å². The van der Waals surface area contributed by atoms with Crippen molar-refractivity contribution in [2.75, 3.05) is 18.2 Å². The highest BCUT2D eigenvalue weighted by Gasteiger charge is 2.06. The van der Waals surface area contributed by atoms with Crippen molar-refractivity contribution in [1.82, 2.24) is 0 Å². The second-order valence-electron chi connectivity index (χ2n) is 4.88. The number of ether oxygens (including phenoxy) is 1. The Labute approximate surface area is 133 Å². The van der Waals surface area contributed by atoms with Crippen LogP contribution in [0.5, 0.6) is 5.75 Å². The monoisotopic (exact) mass is 319 g/mol. The molecule has 0 fully saturated rings. The number of benzene rings is 2. The first-order valence-electron chi connectivity index (χ1n) is 6.85. The van der Waals surface area contributed by atoms with Gasteiger partial charge in [0.1, 0.15) is 0 Å².